The van der Waals surface area contributed by atoms with Gasteiger partial charge in [-0.3, -0.25) is 4.57 Å². The number of aliphatic hydroxyl groups excluding tert-OH is 2. The molecule has 1 saturated heterocycles. The van der Waals surface area contributed by atoms with Gasteiger partial charge in [-0.05, 0) is 24.3 Å². The topological polar surface area (TPSA) is 111 Å². The van der Waals surface area contributed by atoms with Crippen LogP contribution in [0.4, 0.5) is 13.2 Å². The molecule has 0 aliphatic carbocycles. The molecule has 2 N–H and O–H groups in total. The van der Waals surface area contributed by atoms with E-state index in [1.807, 2.05) is 0 Å². The maximum atomic E-state index is 13.7. The van der Waals surface area contributed by atoms with Crippen LogP contribution in [0, 0.1) is 17.5 Å². The lowest BCUT2D eigenvalue weighted by Crippen LogP contribution is -2.45. The van der Waals surface area contributed by atoms with Crippen LogP contribution in [0.5, 0.6) is 0 Å². The molecule has 1 aliphatic rings. The average Bonchev–Trinajstić information content (AvgIpc) is 3.53. The van der Waals surface area contributed by atoms with E-state index in [4.69, 9.17) is 16.3 Å². The van der Waals surface area contributed by atoms with Crippen molar-refractivity contribution in [1.82, 2.24) is 29.8 Å². The Kier molecular flexibility index (Phi) is 6.28. The molecule has 0 saturated carbocycles. The van der Waals surface area contributed by atoms with Gasteiger partial charge in [0.1, 0.15) is 30.3 Å². The Hall–Kier alpha value is -3.32. The predicted octanol–water partition coefficient (Wildman–Crippen LogP) is 3.02. The Labute approximate surface area is 201 Å². The van der Waals surface area contributed by atoms with Crippen molar-refractivity contribution in [2.45, 2.75) is 30.8 Å². The van der Waals surface area contributed by atoms with E-state index in [0.717, 1.165) is 12.1 Å². The van der Waals surface area contributed by atoms with E-state index in [1.165, 1.54) is 17.2 Å². The van der Waals surface area contributed by atoms with Crippen molar-refractivity contribution in [1.29, 1.82) is 0 Å². The standard InChI is InChI=1S/C22H18ClF3N6O3/c23-12-3-1-2-4-16(12)31-10-27-29-22(31)18-7-17(21(34)19(9-33)35-18)32-8-15(28-30-32)11-5-13(24)20(26)14(25)6-11/h1-6,8,10,17-19,21,33-34H,7,9H2. The van der Waals surface area contributed by atoms with E-state index < -0.39 is 48.4 Å². The molecule has 2 aromatic carbocycles. The van der Waals surface area contributed by atoms with Crippen LogP contribution in [0.2, 0.25) is 5.02 Å². The normalized spacial score (nSPS) is 22.5. The van der Waals surface area contributed by atoms with Gasteiger partial charge in [0.15, 0.2) is 23.3 Å². The first-order valence-corrected chi connectivity index (χ1v) is 10.9. The summed E-state index contributed by atoms with van der Waals surface area (Å²) >= 11 is 6.33. The zero-order valence-corrected chi connectivity index (χ0v) is 18.6. The monoisotopic (exact) mass is 506 g/mol. The highest BCUT2D eigenvalue weighted by molar-refractivity contribution is 6.32. The molecule has 1 aliphatic heterocycles. The van der Waals surface area contributed by atoms with Gasteiger partial charge >= 0.3 is 0 Å². The van der Waals surface area contributed by atoms with Crippen molar-refractivity contribution in [2.75, 3.05) is 6.61 Å². The van der Waals surface area contributed by atoms with Crippen LogP contribution in [-0.2, 0) is 4.74 Å². The van der Waals surface area contributed by atoms with Crippen LogP contribution in [0.1, 0.15) is 24.4 Å². The van der Waals surface area contributed by atoms with Gasteiger partial charge in [0.2, 0.25) is 0 Å². The second-order valence-electron chi connectivity index (χ2n) is 7.99. The molecule has 0 bridgehead atoms. The summed E-state index contributed by atoms with van der Waals surface area (Å²) in [6.45, 7) is -0.496. The fraction of sp³-hybridized carbons (Fsp3) is 0.273. The molecule has 182 valence electrons. The molecular formula is C22H18ClF3N6O3. The number of para-hydroxylation sites is 1. The molecular weight excluding hydrogens is 489 g/mol. The summed E-state index contributed by atoms with van der Waals surface area (Å²) in [6.07, 6.45) is 0.0742. The molecule has 35 heavy (non-hydrogen) atoms. The van der Waals surface area contributed by atoms with Crippen LogP contribution >= 0.6 is 11.6 Å². The number of hydrogen-bond donors (Lipinski definition) is 2. The van der Waals surface area contributed by atoms with Gasteiger partial charge in [-0.2, -0.15) is 0 Å². The fourth-order valence-corrected chi connectivity index (χ4v) is 4.33. The lowest BCUT2D eigenvalue weighted by atomic mass is 9.95. The largest absolute Gasteiger partial charge is 0.394 e. The van der Waals surface area contributed by atoms with Crippen molar-refractivity contribution in [3.05, 3.63) is 77.2 Å². The van der Waals surface area contributed by atoms with Crippen LogP contribution in [0.25, 0.3) is 16.9 Å². The third-order valence-corrected chi connectivity index (χ3v) is 6.17. The molecule has 5 rings (SSSR count). The van der Waals surface area contributed by atoms with Gasteiger partial charge in [0.25, 0.3) is 0 Å². The Morgan fingerprint density at radius 1 is 1.11 bits per heavy atom. The van der Waals surface area contributed by atoms with Gasteiger partial charge in [-0.1, -0.05) is 28.9 Å². The van der Waals surface area contributed by atoms with Crippen LogP contribution in [0.15, 0.2) is 48.9 Å². The molecule has 3 heterocycles. The molecule has 0 amide bonds. The van der Waals surface area contributed by atoms with E-state index in [9.17, 15) is 23.4 Å². The molecule has 2 aromatic heterocycles. The van der Waals surface area contributed by atoms with Gasteiger partial charge in [-0.15, -0.1) is 15.3 Å². The van der Waals surface area contributed by atoms with Gasteiger partial charge in [0, 0.05) is 12.0 Å². The minimum absolute atomic E-state index is 0.0251. The van der Waals surface area contributed by atoms with E-state index in [1.54, 1.807) is 28.8 Å². The Balaban J connectivity index is 1.48. The molecule has 4 atom stereocenters. The fourth-order valence-electron chi connectivity index (χ4n) is 4.11. The molecule has 1 fully saturated rings. The number of aromatic nitrogens is 6. The quantitative estimate of drug-likeness (QED) is 0.400. The van der Waals surface area contributed by atoms with Crippen LogP contribution in [0.3, 0.4) is 0 Å². The van der Waals surface area contributed by atoms with Crippen molar-refractivity contribution in [3.8, 4) is 16.9 Å². The number of rotatable bonds is 5. The summed E-state index contributed by atoms with van der Waals surface area (Å²) in [6, 6.07) is 7.92. The summed E-state index contributed by atoms with van der Waals surface area (Å²) in [5, 5.41) is 37.1. The van der Waals surface area contributed by atoms with Gasteiger partial charge in [0.05, 0.1) is 29.6 Å². The van der Waals surface area contributed by atoms with Gasteiger partial charge < -0.3 is 14.9 Å². The first-order valence-electron chi connectivity index (χ1n) is 10.5. The molecule has 9 nitrogen and oxygen atoms in total. The second kappa shape index (κ2) is 9.38. The lowest BCUT2D eigenvalue weighted by molar-refractivity contribution is -0.161. The summed E-state index contributed by atoms with van der Waals surface area (Å²) in [4.78, 5) is 0. The number of benzene rings is 2. The average molecular weight is 507 g/mol. The van der Waals surface area contributed by atoms with E-state index >= 15 is 0 Å². The minimum Gasteiger partial charge on any atom is -0.394 e. The zero-order valence-electron chi connectivity index (χ0n) is 17.8. The first-order chi connectivity index (χ1) is 16.9. The number of nitrogens with zero attached hydrogens (tertiary/aromatic N) is 6. The number of hydrogen-bond acceptors (Lipinski definition) is 7. The zero-order chi connectivity index (χ0) is 24.7. The summed E-state index contributed by atoms with van der Waals surface area (Å²) in [7, 11) is 0. The molecule has 4 aromatic rings. The Bertz CT molecular complexity index is 1340. The Morgan fingerprint density at radius 2 is 1.86 bits per heavy atom. The highest BCUT2D eigenvalue weighted by Crippen LogP contribution is 2.38. The number of halogens is 4. The van der Waals surface area contributed by atoms with E-state index in [0.29, 0.717) is 16.5 Å². The Morgan fingerprint density at radius 3 is 2.57 bits per heavy atom. The molecule has 13 heteroatoms. The van der Waals surface area contributed by atoms with Gasteiger partial charge in [-0.25, -0.2) is 17.9 Å². The third kappa shape index (κ3) is 4.29. The van der Waals surface area contributed by atoms with Crippen LogP contribution < -0.4 is 0 Å². The number of ether oxygens (including phenoxy) is 1. The van der Waals surface area contributed by atoms with Crippen LogP contribution in [-0.4, -0.2) is 58.8 Å². The minimum atomic E-state index is -1.59. The first kappa shape index (κ1) is 23.4. The summed E-state index contributed by atoms with van der Waals surface area (Å²) < 4.78 is 49.6. The third-order valence-electron chi connectivity index (χ3n) is 5.85. The summed E-state index contributed by atoms with van der Waals surface area (Å²) in [5.74, 6) is -3.92. The molecule has 0 spiro atoms. The predicted molar refractivity (Wildman–Crippen MR) is 116 cm³/mol. The number of aliphatic hydroxyl groups is 2. The summed E-state index contributed by atoms with van der Waals surface area (Å²) in [5.41, 5.74) is 0.658. The lowest BCUT2D eigenvalue weighted by Gasteiger charge is -2.38. The maximum absolute atomic E-state index is 13.7. The second-order valence-corrected chi connectivity index (χ2v) is 8.39. The molecule has 0 radical (unpaired) electrons. The molecule has 4 unspecified atom stereocenters. The van der Waals surface area contributed by atoms with E-state index in [-0.39, 0.29) is 17.7 Å². The van der Waals surface area contributed by atoms with Crippen molar-refractivity contribution < 1.29 is 28.1 Å². The highest BCUT2D eigenvalue weighted by atomic mass is 35.5. The van der Waals surface area contributed by atoms with Crippen molar-refractivity contribution in [3.63, 3.8) is 0 Å². The highest BCUT2D eigenvalue weighted by Gasteiger charge is 2.41. The SMILES string of the molecule is OCC1OC(c2nncn2-c2ccccc2Cl)CC(n2cc(-c3cc(F)c(F)c(F)c3)nn2)C1O. The maximum Gasteiger partial charge on any atom is 0.194 e. The van der Waals surface area contributed by atoms with E-state index in [2.05, 4.69) is 20.5 Å². The smallest absolute Gasteiger partial charge is 0.194 e. The van der Waals surface area contributed by atoms with Crippen molar-refractivity contribution >= 4 is 11.6 Å². The van der Waals surface area contributed by atoms with Crippen molar-refractivity contribution in [2.24, 2.45) is 0 Å².